The van der Waals surface area contributed by atoms with Gasteiger partial charge < -0.3 is 10.3 Å². The predicted molar refractivity (Wildman–Crippen MR) is 138 cm³/mol. The van der Waals surface area contributed by atoms with Gasteiger partial charge in [-0.05, 0) is 55.7 Å². The maximum Gasteiger partial charge on any atom is 0.253 e. The number of nitrogens with two attached hydrogens (primary N) is 1. The van der Waals surface area contributed by atoms with Gasteiger partial charge in [0.05, 0.1) is 11.1 Å². The quantitative estimate of drug-likeness (QED) is 0.432. The van der Waals surface area contributed by atoms with E-state index < -0.39 is 11.9 Å². The molecule has 2 aromatic heterocycles. The Morgan fingerprint density at radius 1 is 1.08 bits per heavy atom. The van der Waals surface area contributed by atoms with E-state index in [0.29, 0.717) is 27.8 Å². The molecule has 1 unspecified atom stereocenters. The number of aryl methyl sites for hydroxylation is 1. The lowest BCUT2D eigenvalue weighted by Crippen LogP contribution is -2.23. The van der Waals surface area contributed by atoms with Crippen LogP contribution in [0.3, 0.4) is 0 Å². The lowest BCUT2D eigenvalue weighted by atomic mass is 9.92. The van der Waals surface area contributed by atoms with E-state index >= 15 is 4.39 Å². The summed E-state index contributed by atoms with van der Waals surface area (Å²) in [6.07, 6.45) is 4.91. The number of hydrogen-bond acceptors (Lipinski definition) is 5. The molecule has 0 bridgehead atoms. The number of amidine groups is 1. The Morgan fingerprint density at radius 3 is 2.64 bits per heavy atom. The van der Waals surface area contributed by atoms with Crippen LogP contribution >= 0.6 is 0 Å². The van der Waals surface area contributed by atoms with Crippen LogP contribution in [0, 0.1) is 24.1 Å². The summed E-state index contributed by atoms with van der Waals surface area (Å²) in [5.74, 6) is -0.312. The van der Waals surface area contributed by atoms with E-state index in [4.69, 9.17) is 5.73 Å². The van der Waals surface area contributed by atoms with E-state index in [-0.39, 0.29) is 23.0 Å². The van der Waals surface area contributed by atoms with Crippen molar-refractivity contribution in [2.45, 2.75) is 32.9 Å². The number of benzene rings is 2. The molecule has 0 fully saturated rings. The van der Waals surface area contributed by atoms with Crippen LogP contribution in [0.15, 0.2) is 76.9 Å². The van der Waals surface area contributed by atoms with E-state index in [9.17, 15) is 10.1 Å². The summed E-state index contributed by atoms with van der Waals surface area (Å²) in [6, 6.07) is 16.4. The zero-order valence-corrected chi connectivity index (χ0v) is 20.2. The standard InChI is InChI=1S/C29H24FN5O/c1-16(2)35-15-22(9-17(3)29(35)36)23-7-8-24-25(26(23)30)28(32)34-27(24)20-6-4-5-19(11-20)21-10-18(12-31)13-33-14-21/h4-11,13-16,27H,1-3H3,(H2,32,34). The van der Waals surface area contributed by atoms with Crippen molar-refractivity contribution < 1.29 is 4.39 Å². The van der Waals surface area contributed by atoms with Gasteiger partial charge in [0.25, 0.3) is 5.56 Å². The third kappa shape index (κ3) is 3.87. The first-order valence-electron chi connectivity index (χ1n) is 11.6. The van der Waals surface area contributed by atoms with Crippen molar-refractivity contribution in [3.8, 4) is 28.3 Å². The van der Waals surface area contributed by atoms with Gasteiger partial charge in [-0.25, -0.2) is 4.39 Å². The molecular formula is C29H24FN5O. The van der Waals surface area contributed by atoms with Gasteiger partial charge in [-0.1, -0.05) is 30.3 Å². The topological polar surface area (TPSA) is 97.1 Å². The molecule has 0 spiro atoms. The summed E-state index contributed by atoms with van der Waals surface area (Å²) < 4.78 is 17.5. The highest BCUT2D eigenvalue weighted by molar-refractivity contribution is 6.03. The van der Waals surface area contributed by atoms with E-state index in [0.717, 1.165) is 16.7 Å². The van der Waals surface area contributed by atoms with Crippen LogP contribution < -0.4 is 11.3 Å². The SMILES string of the molecule is Cc1cc(-c2ccc3c(c2F)C(N)=NC3c2cccc(-c3cncc(C#N)c3)c2)cn(C(C)C)c1=O. The third-order valence-electron chi connectivity index (χ3n) is 6.49. The Labute approximate surface area is 208 Å². The van der Waals surface area contributed by atoms with Crippen molar-refractivity contribution >= 4 is 5.84 Å². The van der Waals surface area contributed by atoms with Crippen molar-refractivity contribution in [1.29, 1.82) is 5.26 Å². The average Bonchev–Trinajstić information content (AvgIpc) is 3.23. The highest BCUT2D eigenvalue weighted by Crippen LogP contribution is 2.39. The molecule has 2 aromatic carbocycles. The van der Waals surface area contributed by atoms with Gasteiger partial charge in [-0.15, -0.1) is 0 Å². The molecule has 5 rings (SSSR count). The van der Waals surface area contributed by atoms with Gasteiger partial charge in [0.15, 0.2) is 0 Å². The molecule has 36 heavy (non-hydrogen) atoms. The second-order valence-electron chi connectivity index (χ2n) is 9.23. The second-order valence-corrected chi connectivity index (χ2v) is 9.23. The number of nitrogens with zero attached hydrogens (tertiary/aromatic N) is 4. The first kappa shape index (κ1) is 23.2. The summed E-state index contributed by atoms with van der Waals surface area (Å²) >= 11 is 0. The molecule has 3 heterocycles. The van der Waals surface area contributed by atoms with Crippen LogP contribution in [0.5, 0.6) is 0 Å². The number of hydrogen-bond donors (Lipinski definition) is 1. The van der Waals surface area contributed by atoms with Gasteiger partial charge in [0, 0.05) is 46.9 Å². The first-order chi connectivity index (χ1) is 17.3. The number of pyridine rings is 2. The Kier molecular flexibility index (Phi) is 5.73. The predicted octanol–water partition coefficient (Wildman–Crippen LogP) is 5.29. The molecular weight excluding hydrogens is 453 g/mol. The van der Waals surface area contributed by atoms with Gasteiger partial charge >= 0.3 is 0 Å². The minimum atomic E-state index is -0.457. The molecule has 0 radical (unpaired) electrons. The highest BCUT2D eigenvalue weighted by atomic mass is 19.1. The fourth-order valence-corrected chi connectivity index (χ4v) is 4.65. The van der Waals surface area contributed by atoms with Crippen LogP contribution in [0.4, 0.5) is 4.39 Å². The lowest BCUT2D eigenvalue weighted by molar-refractivity contribution is 0.575. The zero-order valence-electron chi connectivity index (χ0n) is 20.2. The van der Waals surface area contributed by atoms with Crippen LogP contribution in [-0.4, -0.2) is 15.4 Å². The molecule has 0 aliphatic carbocycles. The summed E-state index contributed by atoms with van der Waals surface area (Å²) in [6.45, 7) is 5.57. The Morgan fingerprint density at radius 2 is 1.89 bits per heavy atom. The van der Waals surface area contributed by atoms with Gasteiger partial charge in [0.2, 0.25) is 0 Å². The summed E-state index contributed by atoms with van der Waals surface area (Å²) in [4.78, 5) is 21.2. The number of aromatic nitrogens is 2. The van der Waals surface area contributed by atoms with Crippen LogP contribution in [0.1, 0.15) is 53.7 Å². The second kappa shape index (κ2) is 8.90. The molecule has 6 nitrogen and oxygen atoms in total. The summed E-state index contributed by atoms with van der Waals surface area (Å²) in [5.41, 5.74) is 11.7. The number of halogens is 1. The van der Waals surface area contributed by atoms with Gasteiger partial charge in [0.1, 0.15) is 23.8 Å². The van der Waals surface area contributed by atoms with E-state index in [1.807, 2.05) is 44.2 Å². The fraction of sp³-hybridized carbons (Fsp3) is 0.172. The maximum absolute atomic E-state index is 15.9. The summed E-state index contributed by atoms with van der Waals surface area (Å²) in [7, 11) is 0. The number of aliphatic imine (C=N–C) groups is 1. The van der Waals surface area contributed by atoms with Crippen molar-refractivity contribution in [2.75, 3.05) is 0 Å². The molecule has 4 aromatic rings. The fourth-order valence-electron chi connectivity index (χ4n) is 4.65. The van der Waals surface area contributed by atoms with Crippen LogP contribution in [0.25, 0.3) is 22.3 Å². The molecule has 178 valence electrons. The van der Waals surface area contributed by atoms with Crippen LogP contribution in [0.2, 0.25) is 0 Å². The smallest absolute Gasteiger partial charge is 0.253 e. The lowest BCUT2D eigenvalue weighted by Gasteiger charge is -2.16. The highest BCUT2D eigenvalue weighted by Gasteiger charge is 2.30. The van der Waals surface area contributed by atoms with Crippen molar-refractivity contribution in [3.63, 3.8) is 0 Å². The molecule has 1 aliphatic heterocycles. The molecule has 0 amide bonds. The normalized spacial score (nSPS) is 14.4. The maximum atomic E-state index is 15.9. The Balaban J connectivity index is 1.58. The van der Waals surface area contributed by atoms with Gasteiger partial charge in [-0.2, -0.15) is 5.26 Å². The minimum Gasteiger partial charge on any atom is -0.383 e. The number of fused-ring (bicyclic) bond motifs is 1. The van der Waals surface area contributed by atoms with Crippen molar-refractivity contribution in [2.24, 2.45) is 10.7 Å². The molecule has 0 saturated carbocycles. The Bertz CT molecular complexity index is 1640. The molecule has 1 atom stereocenters. The first-order valence-corrected chi connectivity index (χ1v) is 11.6. The zero-order chi connectivity index (χ0) is 25.6. The minimum absolute atomic E-state index is 0.0546. The van der Waals surface area contributed by atoms with Crippen LogP contribution in [-0.2, 0) is 0 Å². The number of rotatable bonds is 4. The molecule has 1 aliphatic rings. The van der Waals surface area contributed by atoms with E-state index in [1.165, 1.54) is 6.20 Å². The molecule has 0 saturated heterocycles. The average molecular weight is 478 g/mol. The molecule has 2 N–H and O–H groups in total. The van der Waals surface area contributed by atoms with Crippen molar-refractivity contribution in [1.82, 2.24) is 9.55 Å². The summed E-state index contributed by atoms with van der Waals surface area (Å²) in [5, 5.41) is 9.20. The van der Waals surface area contributed by atoms with Crippen molar-refractivity contribution in [3.05, 3.63) is 111 Å². The molecule has 7 heteroatoms. The third-order valence-corrected chi connectivity index (χ3v) is 6.49. The van der Waals surface area contributed by atoms with E-state index in [2.05, 4.69) is 16.0 Å². The number of nitriles is 1. The largest absolute Gasteiger partial charge is 0.383 e. The van der Waals surface area contributed by atoms with E-state index in [1.54, 1.807) is 42.1 Å². The van der Waals surface area contributed by atoms with Gasteiger partial charge in [-0.3, -0.25) is 14.8 Å². The Hall–Kier alpha value is -4.57. The monoisotopic (exact) mass is 477 g/mol.